The lowest BCUT2D eigenvalue weighted by molar-refractivity contribution is 0.0894. The molecule has 0 spiro atoms. The molecule has 2 aliphatic rings. The molecule has 28 heavy (non-hydrogen) atoms. The van der Waals surface area contributed by atoms with E-state index >= 15 is 0 Å². The van der Waals surface area contributed by atoms with Crippen molar-refractivity contribution < 1.29 is 17.6 Å². The fourth-order valence-electron chi connectivity index (χ4n) is 5.36. The molecule has 0 amide bonds. The van der Waals surface area contributed by atoms with Gasteiger partial charge in [0.1, 0.15) is 0 Å². The van der Waals surface area contributed by atoms with Crippen LogP contribution in [0.15, 0.2) is 18.2 Å². The fourth-order valence-corrected chi connectivity index (χ4v) is 9.48. The SMILES string of the molecule is CC(C)O[Si]1(OC(C)C)CCC([C@H]2CC[C@H](c3ccc(F)c(F)c3)CC2)CC1. The van der Waals surface area contributed by atoms with Crippen molar-refractivity contribution in [2.45, 2.75) is 96.4 Å². The number of benzene rings is 1. The Hall–Kier alpha value is -0.783. The van der Waals surface area contributed by atoms with Gasteiger partial charge in [0.15, 0.2) is 11.6 Å². The second-order valence-electron chi connectivity index (χ2n) is 9.37. The average molecular weight is 411 g/mol. The highest BCUT2D eigenvalue weighted by Crippen LogP contribution is 2.45. The summed E-state index contributed by atoms with van der Waals surface area (Å²) in [6, 6.07) is 6.64. The first kappa shape index (κ1) is 21.9. The van der Waals surface area contributed by atoms with Crippen LogP contribution in [0.3, 0.4) is 0 Å². The topological polar surface area (TPSA) is 18.5 Å². The highest BCUT2D eigenvalue weighted by molar-refractivity contribution is 6.67. The summed E-state index contributed by atoms with van der Waals surface area (Å²) in [5.74, 6) is 0.421. The van der Waals surface area contributed by atoms with Crippen LogP contribution in [0.2, 0.25) is 12.1 Å². The van der Waals surface area contributed by atoms with Crippen molar-refractivity contribution in [1.82, 2.24) is 0 Å². The van der Waals surface area contributed by atoms with Crippen LogP contribution in [0.5, 0.6) is 0 Å². The van der Waals surface area contributed by atoms with Gasteiger partial charge >= 0.3 is 8.56 Å². The largest absolute Gasteiger partial charge is 0.392 e. The summed E-state index contributed by atoms with van der Waals surface area (Å²) in [6.07, 6.45) is 7.44. The summed E-state index contributed by atoms with van der Waals surface area (Å²) < 4.78 is 39.5. The highest BCUT2D eigenvalue weighted by atomic mass is 28.4. The van der Waals surface area contributed by atoms with E-state index in [9.17, 15) is 8.78 Å². The molecule has 2 nitrogen and oxygen atoms in total. The summed E-state index contributed by atoms with van der Waals surface area (Å²) in [6.45, 7) is 8.46. The molecule has 0 unspecified atom stereocenters. The van der Waals surface area contributed by atoms with Crippen LogP contribution >= 0.6 is 0 Å². The van der Waals surface area contributed by atoms with Gasteiger partial charge < -0.3 is 8.85 Å². The Morgan fingerprint density at radius 3 is 1.82 bits per heavy atom. The monoisotopic (exact) mass is 410 g/mol. The Balaban J connectivity index is 1.53. The molecule has 1 aromatic carbocycles. The summed E-state index contributed by atoms with van der Waals surface area (Å²) in [5.41, 5.74) is 0.961. The Morgan fingerprint density at radius 1 is 0.786 bits per heavy atom. The van der Waals surface area contributed by atoms with Gasteiger partial charge in [0, 0.05) is 12.2 Å². The minimum Gasteiger partial charge on any atom is -0.392 e. The molecule has 158 valence electrons. The van der Waals surface area contributed by atoms with Crippen LogP contribution in [0.1, 0.15) is 77.7 Å². The normalized spacial score (nSPS) is 26.1. The zero-order chi connectivity index (χ0) is 20.3. The van der Waals surface area contributed by atoms with E-state index in [2.05, 4.69) is 27.7 Å². The van der Waals surface area contributed by atoms with E-state index in [0.29, 0.717) is 5.92 Å². The molecule has 5 heteroatoms. The van der Waals surface area contributed by atoms with Crippen molar-refractivity contribution >= 4 is 8.56 Å². The third kappa shape index (κ3) is 5.42. The van der Waals surface area contributed by atoms with Crippen LogP contribution < -0.4 is 0 Å². The fraction of sp³-hybridized carbons (Fsp3) is 0.739. The van der Waals surface area contributed by atoms with Crippen LogP contribution in [-0.4, -0.2) is 20.8 Å². The van der Waals surface area contributed by atoms with Crippen molar-refractivity contribution in [2.24, 2.45) is 11.8 Å². The highest BCUT2D eigenvalue weighted by Gasteiger charge is 2.45. The lowest BCUT2D eigenvalue weighted by Gasteiger charge is -2.43. The number of hydrogen-bond donors (Lipinski definition) is 0. The van der Waals surface area contributed by atoms with E-state index in [1.165, 1.54) is 37.8 Å². The molecule has 0 bridgehead atoms. The molecule has 1 saturated heterocycles. The molecule has 0 N–H and O–H groups in total. The predicted octanol–water partition coefficient (Wildman–Crippen LogP) is 6.94. The Morgan fingerprint density at radius 2 is 1.32 bits per heavy atom. The van der Waals surface area contributed by atoms with Gasteiger partial charge in [0.25, 0.3) is 0 Å². The van der Waals surface area contributed by atoms with Gasteiger partial charge in [-0.3, -0.25) is 0 Å². The zero-order valence-electron chi connectivity index (χ0n) is 17.8. The first-order valence-electron chi connectivity index (χ1n) is 11.1. The van der Waals surface area contributed by atoms with Gasteiger partial charge in [-0.2, -0.15) is 0 Å². The molecule has 0 aromatic heterocycles. The Kier molecular flexibility index (Phi) is 7.32. The molecule has 1 aromatic rings. The maximum absolute atomic E-state index is 13.6. The van der Waals surface area contributed by atoms with Crippen LogP contribution in [0.4, 0.5) is 8.78 Å². The van der Waals surface area contributed by atoms with E-state index in [-0.39, 0.29) is 12.2 Å². The van der Waals surface area contributed by atoms with Gasteiger partial charge in [-0.05, 0) is 114 Å². The average Bonchev–Trinajstić information content (AvgIpc) is 2.63. The van der Waals surface area contributed by atoms with Gasteiger partial charge in [0.2, 0.25) is 0 Å². The minimum absolute atomic E-state index is 0.230. The van der Waals surface area contributed by atoms with E-state index < -0.39 is 20.2 Å². The quantitative estimate of drug-likeness (QED) is 0.473. The molecule has 2 fully saturated rings. The van der Waals surface area contributed by atoms with Crippen LogP contribution in [0, 0.1) is 23.5 Å². The first-order chi connectivity index (χ1) is 13.3. The van der Waals surface area contributed by atoms with E-state index in [0.717, 1.165) is 42.3 Å². The van der Waals surface area contributed by atoms with Crippen molar-refractivity contribution in [3.05, 3.63) is 35.4 Å². The Bertz CT molecular complexity index is 621. The summed E-state index contributed by atoms with van der Waals surface area (Å²) in [7, 11) is -2.07. The van der Waals surface area contributed by atoms with Gasteiger partial charge in [-0.25, -0.2) is 8.78 Å². The third-order valence-corrected chi connectivity index (χ3v) is 10.4. The van der Waals surface area contributed by atoms with Crippen molar-refractivity contribution in [1.29, 1.82) is 0 Å². The van der Waals surface area contributed by atoms with Crippen LogP contribution in [0.25, 0.3) is 0 Å². The van der Waals surface area contributed by atoms with E-state index in [1.807, 2.05) is 0 Å². The predicted molar refractivity (Wildman–Crippen MR) is 112 cm³/mol. The summed E-state index contributed by atoms with van der Waals surface area (Å²) in [5, 5.41) is 0. The molecular weight excluding hydrogens is 374 g/mol. The van der Waals surface area contributed by atoms with Gasteiger partial charge in [0.05, 0.1) is 0 Å². The molecular formula is C23H36F2O2Si. The molecule has 1 aliphatic carbocycles. The number of halogens is 2. The molecule has 3 rings (SSSR count). The van der Waals surface area contributed by atoms with Gasteiger partial charge in [-0.15, -0.1) is 0 Å². The standard InChI is InChI=1S/C23H36F2O2Si/c1-16(2)26-28(27-17(3)4)13-11-20(12-14-28)18-5-7-19(8-6-18)21-9-10-22(24)23(25)15-21/h9-10,15-20H,5-8,11-14H2,1-4H3/t18-,19-. The minimum atomic E-state index is -2.07. The van der Waals surface area contributed by atoms with Gasteiger partial charge in [-0.1, -0.05) is 6.07 Å². The summed E-state index contributed by atoms with van der Waals surface area (Å²) in [4.78, 5) is 0. The molecule has 1 saturated carbocycles. The van der Waals surface area contributed by atoms with Crippen LogP contribution in [-0.2, 0) is 8.85 Å². The van der Waals surface area contributed by atoms with Crippen molar-refractivity contribution in [2.75, 3.05) is 0 Å². The third-order valence-electron chi connectivity index (χ3n) is 6.55. The molecule has 0 radical (unpaired) electrons. The van der Waals surface area contributed by atoms with Crippen molar-refractivity contribution in [3.8, 4) is 0 Å². The molecule has 1 heterocycles. The number of hydrogen-bond acceptors (Lipinski definition) is 2. The molecule has 0 atom stereocenters. The number of rotatable bonds is 6. The van der Waals surface area contributed by atoms with E-state index in [4.69, 9.17) is 8.85 Å². The second-order valence-corrected chi connectivity index (χ2v) is 12.7. The zero-order valence-corrected chi connectivity index (χ0v) is 18.8. The smallest absolute Gasteiger partial charge is 0.338 e. The Labute approximate surface area is 170 Å². The summed E-state index contributed by atoms with van der Waals surface area (Å²) >= 11 is 0. The second kappa shape index (κ2) is 9.35. The van der Waals surface area contributed by atoms with E-state index in [1.54, 1.807) is 6.07 Å². The first-order valence-corrected chi connectivity index (χ1v) is 13.3. The maximum Gasteiger partial charge on any atom is 0.338 e. The lowest BCUT2D eigenvalue weighted by atomic mass is 9.72. The lowest BCUT2D eigenvalue weighted by Crippen LogP contribution is -2.49. The maximum atomic E-state index is 13.6. The molecule has 1 aliphatic heterocycles. The van der Waals surface area contributed by atoms with Crippen molar-refractivity contribution in [3.63, 3.8) is 0 Å².